The number of hydrogen-bond donors (Lipinski definition) is 1. The Hall–Kier alpha value is -3.04. The van der Waals surface area contributed by atoms with Crippen molar-refractivity contribution in [3.05, 3.63) is 89.0 Å². The fraction of sp³-hybridized carbons (Fsp3) is 0.160. The average Bonchev–Trinajstić information content (AvgIpc) is 2.97. The van der Waals surface area contributed by atoms with Crippen LogP contribution in [0.15, 0.2) is 72.3 Å². The van der Waals surface area contributed by atoms with Gasteiger partial charge in [0.1, 0.15) is 5.75 Å². The van der Waals surface area contributed by atoms with Gasteiger partial charge in [0.05, 0.1) is 6.61 Å². The molecule has 0 saturated carbocycles. The summed E-state index contributed by atoms with van der Waals surface area (Å²) in [5.74, 6) is 1.15. The molecule has 3 nitrogen and oxygen atoms in total. The fourth-order valence-corrected chi connectivity index (χ4v) is 3.49. The Labute approximate surface area is 176 Å². The highest BCUT2D eigenvalue weighted by Crippen LogP contribution is 2.31. The summed E-state index contributed by atoms with van der Waals surface area (Å²) in [7, 11) is 0. The summed E-state index contributed by atoms with van der Waals surface area (Å²) in [6.45, 7) is 2.55. The Morgan fingerprint density at radius 3 is 2.45 bits per heavy atom. The molecule has 0 fully saturated rings. The van der Waals surface area contributed by atoms with Crippen molar-refractivity contribution in [2.75, 3.05) is 11.9 Å². The number of fused-ring (bicyclic) bond motifs is 1. The highest BCUT2D eigenvalue weighted by Gasteiger charge is 2.16. The third kappa shape index (κ3) is 4.52. The lowest BCUT2D eigenvalue weighted by Gasteiger charge is -2.09. The summed E-state index contributed by atoms with van der Waals surface area (Å²) in [5, 5.41) is 2.97. The van der Waals surface area contributed by atoms with Crippen LogP contribution >= 0.6 is 11.6 Å². The molecule has 0 unspecified atom stereocenters. The minimum atomic E-state index is -0.110. The number of ether oxygens (including phenoxy) is 1. The van der Waals surface area contributed by atoms with Crippen LogP contribution in [0.2, 0.25) is 0 Å². The third-order valence-corrected chi connectivity index (χ3v) is 5.32. The topological polar surface area (TPSA) is 38.3 Å². The van der Waals surface area contributed by atoms with Gasteiger partial charge in [-0.3, -0.25) is 4.79 Å². The van der Waals surface area contributed by atoms with Crippen LogP contribution < -0.4 is 10.1 Å². The molecule has 0 saturated heterocycles. The maximum Gasteiger partial charge on any atom is 0.251 e. The lowest BCUT2D eigenvalue weighted by Crippen LogP contribution is -2.15. The first-order valence-electron chi connectivity index (χ1n) is 9.63. The molecule has 3 aromatic rings. The molecule has 0 radical (unpaired) electrons. The SMILES string of the molecule is Cc1ccc(-c2ccc3c(c2)C=C(C(=O)Nc2ccc(CCl)cc2)CCO3)cc1. The molecule has 1 heterocycles. The van der Waals surface area contributed by atoms with Gasteiger partial charge in [-0.1, -0.05) is 48.0 Å². The van der Waals surface area contributed by atoms with Gasteiger partial charge in [0.25, 0.3) is 5.91 Å². The van der Waals surface area contributed by atoms with Crippen LogP contribution in [0.25, 0.3) is 17.2 Å². The van der Waals surface area contributed by atoms with Crippen LogP contribution in [-0.4, -0.2) is 12.5 Å². The number of halogens is 1. The van der Waals surface area contributed by atoms with E-state index in [1.54, 1.807) is 0 Å². The first-order valence-corrected chi connectivity index (χ1v) is 10.2. The van der Waals surface area contributed by atoms with Crippen molar-refractivity contribution in [3.63, 3.8) is 0 Å². The smallest absolute Gasteiger partial charge is 0.251 e. The van der Waals surface area contributed by atoms with E-state index in [0.29, 0.717) is 24.5 Å². The molecule has 0 aromatic heterocycles. The summed E-state index contributed by atoms with van der Waals surface area (Å²) in [6, 6.07) is 22.1. The molecule has 146 valence electrons. The zero-order chi connectivity index (χ0) is 20.2. The van der Waals surface area contributed by atoms with E-state index in [2.05, 4.69) is 48.6 Å². The van der Waals surface area contributed by atoms with Gasteiger partial charge >= 0.3 is 0 Å². The molecule has 0 atom stereocenters. The molecule has 4 heteroatoms. The van der Waals surface area contributed by atoms with E-state index in [9.17, 15) is 4.79 Å². The maximum absolute atomic E-state index is 12.8. The number of aryl methyl sites for hydroxylation is 1. The quantitative estimate of drug-likeness (QED) is 0.526. The molecule has 3 aromatic carbocycles. The minimum absolute atomic E-state index is 0.110. The number of benzene rings is 3. The molecule has 4 rings (SSSR count). The average molecular weight is 404 g/mol. The van der Waals surface area contributed by atoms with E-state index in [4.69, 9.17) is 16.3 Å². The van der Waals surface area contributed by atoms with Crippen LogP contribution in [0.5, 0.6) is 5.75 Å². The van der Waals surface area contributed by atoms with Gasteiger partial charge in [-0.05, 0) is 54.0 Å². The summed E-state index contributed by atoms with van der Waals surface area (Å²) in [6.07, 6.45) is 2.49. The van der Waals surface area contributed by atoms with Crippen molar-refractivity contribution in [2.45, 2.75) is 19.2 Å². The van der Waals surface area contributed by atoms with Crippen LogP contribution in [-0.2, 0) is 10.7 Å². The number of anilines is 1. The van der Waals surface area contributed by atoms with Crippen LogP contribution in [0, 0.1) is 6.92 Å². The van der Waals surface area contributed by atoms with Crippen molar-refractivity contribution >= 4 is 29.3 Å². The molecule has 0 bridgehead atoms. The van der Waals surface area contributed by atoms with Gasteiger partial charge < -0.3 is 10.1 Å². The molecule has 1 aliphatic rings. The van der Waals surface area contributed by atoms with Gasteiger partial charge in [0, 0.05) is 29.1 Å². The van der Waals surface area contributed by atoms with E-state index in [1.165, 1.54) is 5.56 Å². The highest BCUT2D eigenvalue weighted by molar-refractivity contribution is 6.17. The number of hydrogen-bond acceptors (Lipinski definition) is 2. The summed E-state index contributed by atoms with van der Waals surface area (Å²) in [4.78, 5) is 12.8. The Morgan fingerprint density at radius 1 is 1.00 bits per heavy atom. The highest BCUT2D eigenvalue weighted by atomic mass is 35.5. The number of amides is 1. The van der Waals surface area contributed by atoms with Gasteiger partial charge in [0.2, 0.25) is 0 Å². The Balaban J connectivity index is 1.60. The summed E-state index contributed by atoms with van der Waals surface area (Å²) in [5.41, 5.74) is 6.86. The van der Waals surface area contributed by atoms with Crippen molar-refractivity contribution in [2.24, 2.45) is 0 Å². The predicted octanol–water partition coefficient (Wildman–Crippen LogP) is 6.21. The second-order valence-electron chi connectivity index (χ2n) is 7.17. The lowest BCUT2D eigenvalue weighted by molar-refractivity contribution is -0.113. The summed E-state index contributed by atoms with van der Waals surface area (Å²) >= 11 is 5.83. The fourth-order valence-electron chi connectivity index (χ4n) is 3.32. The Morgan fingerprint density at radius 2 is 1.72 bits per heavy atom. The second kappa shape index (κ2) is 8.54. The number of rotatable bonds is 4. The zero-order valence-electron chi connectivity index (χ0n) is 16.2. The molecule has 0 spiro atoms. The molecular weight excluding hydrogens is 382 g/mol. The minimum Gasteiger partial charge on any atom is -0.493 e. The standard InChI is InChI=1S/C25H22ClNO2/c1-17-2-6-19(7-3-17)20-8-11-24-22(14-20)15-21(12-13-29-24)25(28)27-23-9-4-18(16-26)5-10-23/h2-11,14-15H,12-13,16H2,1H3,(H,27,28). The molecule has 1 aliphatic heterocycles. The number of nitrogens with one attached hydrogen (secondary N) is 1. The van der Waals surface area contributed by atoms with Gasteiger partial charge in [-0.15, -0.1) is 11.6 Å². The maximum atomic E-state index is 12.8. The first kappa shape index (κ1) is 19.3. The molecule has 29 heavy (non-hydrogen) atoms. The van der Waals surface area contributed by atoms with E-state index >= 15 is 0 Å². The predicted molar refractivity (Wildman–Crippen MR) is 119 cm³/mol. The van der Waals surface area contributed by atoms with Gasteiger partial charge in [-0.25, -0.2) is 0 Å². The van der Waals surface area contributed by atoms with Crippen molar-refractivity contribution < 1.29 is 9.53 Å². The molecular formula is C25H22ClNO2. The largest absolute Gasteiger partial charge is 0.493 e. The number of alkyl halides is 1. The zero-order valence-corrected chi connectivity index (χ0v) is 17.0. The van der Waals surface area contributed by atoms with E-state index in [1.807, 2.05) is 36.4 Å². The Kier molecular flexibility index (Phi) is 5.68. The first-order chi connectivity index (χ1) is 14.1. The third-order valence-electron chi connectivity index (χ3n) is 5.01. The van der Waals surface area contributed by atoms with E-state index < -0.39 is 0 Å². The van der Waals surface area contributed by atoms with E-state index in [-0.39, 0.29) is 5.91 Å². The van der Waals surface area contributed by atoms with Gasteiger partial charge in [0.15, 0.2) is 0 Å². The van der Waals surface area contributed by atoms with Crippen molar-refractivity contribution in [1.29, 1.82) is 0 Å². The van der Waals surface area contributed by atoms with Gasteiger partial charge in [-0.2, -0.15) is 0 Å². The molecule has 1 N–H and O–H groups in total. The Bertz CT molecular complexity index is 1050. The second-order valence-corrected chi connectivity index (χ2v) is 7.44. The van der Waals surface area contributed by atoms with E-state index in [0.717, 1.165) is 33.7 Å². The van der Waals surface area contributed by atoms with Crippen LogP contribution in [0.4, 0.5) is 5.69 Å². The summed E-state index contributed by atoms with van der Waals surface area (Å²) < 4.78 is 5.87. The van der Waals surface area contributed by atoms with Crippen LogP contribution in [0.3, 0.4) is 0 Å². The number of carbonyl (C=O) groups excluding carboxylic acids is 1. The molecule has 0 aliphatic carbocycles. The molecule has 1 amide bonds. The normalized spacial score (nSPS) is 13.0. The van der Waals surface area contributed by atoms with Crippen molar-refractivity contribution in [1.82, 2.24) is 0 Å². The lowest BCUT2D eigenvalue weighted by atomic mass is 10.00. The van der Waals surface area contributed by atoms with Crippen LogP contribution in [0.1, 0.15) is 23.1 Å². The number of carbonyl (C=O) groups is 1. The van der Waals surface area contributed by atoms with Crippen molar-refractivity contribution in [3.8, 4) is 16.9 Å². The monoisotopic (exact) mass is 403 g/mol.